The van der Waals surface area contributed by atoms with Crippen molar-refractivity contribution in [2.45, 2.75) is 0 Å². The van der Waals surface area contributed by atoms with Crippen LogP contribution in [0.25, 0.3) is 0 Å². The lowest BCUT2D eigenvalue weighted by molar-refractivity contribution is 0.0991. The van der Waals surface area contributed by atoms with Crippen molar-refractivity contribution in [1.82, 2.24) is 40.8 Å². The van der Waals surface area contributed by atoms with Crippen molar-refractivity contribution < 1.29 is 15.1 Å². The molecule has 2 amide bonds. The predicted molar refractivity (Wildman–Crippen MR) is 163 cm³/mol. The van der Waals surface area contributed by atoms with Gasteiger partial charge in [-0.3, -0.25) is 41.3 Å². The summed E-state index contributed by atoms with van der Waals surface area (Å²) in [6.45, 7) is 0. The molecule has 21 heteroatoms. The highest BCUT2D eigenvalue weighted by atomic mass is 35.5. The Labute approximate surface area is 252 Å². The number of nitrogens with zero attached hydrogens (tertiary/aromatic N) is 8. The van der Waals surface area contributed by atoms with Crippen LogP contribution in [-0.2, 0) is 0 Å². The quantitative estimate of drug-likeness (QED) is 0.0727. The molecule has 0 aliphatic heterocycles. The Morgan fingerprint density at radius 2 is 1.07 bits per heavy atom. The predicted octanol–water partition coefficient (Wildman–Crippen LogP) is 0.125. The largest absolute Gasteiger partial charge is 0.412 e. The van der Waals surface area contributed by atoms with Gasteiger partial charge in [-0.1, -0.05) is 23.2 Å². The molecule has 0 aliphatic rings. The van der Waals surface area contributed by atoms with Crippen LogP contribution in [0.1, 0.15) is 21.0 Å². The zero-order valence-electron chi connectivity index (χ0n) is 21.7. The van der Waals surface area contributed by atoms with Crippen molar-refractivity contribution in [2.75, 3.05) is 33.8 Å². The molecule has 4 rings (SSSR count). The van der Waals surface area contributed by atoms with Crippen molar-refractivity contribution in [3.63, 3.8) is 0 Å². The van der Waals surface area contributed by atoms with E-state index in [9.17, 15) is 9.59 Å². The first kappa shape index (κ1) is 33.3. The molecule has 14 N–H and O–H groups in total. The van der Waals surface area contributed by atoms with Crippen LogP contribution in [0, 0.1) is 0 Å². The number of nitrogens with two attached hydrogens (primary N) is 4. The topological polar surface area (TPSA) is 320 Å². The van der Waals surface area contributed by atoms with Crippen LogP contribution in [0.3, 0.4) is 0 Å². The summed E-state index contributed by atoms with van der Waals surface area (Å²) in [4.78, 5) is 53.4. The molecule has 43 heavy (non-hydrogen) atoms. The van der Waals surface area contributed by atoms with Crippen LogP contribution in [0.5, 0.6) is 0 Å². The number of aromatic nitrogens is 6. The highest BCUT2D eigenvalue weighted by Gasteiger charge is 2.15. The second-order valence-electron chi connectivity index (χ2n) is 7.42. The average Bonchev–Trinajstić information content (AvgIpc) is 2.98. The zero-order valence-corrected chi connectivity index (χ0v) is 23.2. The molecule has 0 saturated carbocycles. The molecule has 0 aromatic carbocycles. The van der Waals surface area contributed by atoms with Gasteiger partial charge in [-0.15, -0.1) is 0 Å². The minimum Gasteiger partial charge on any atom is -0.412 e. The maximum Gasteiger partial charge on any atom is 0.300 e. The zero-order chi connectivity index (χ0) is 30.5. The molecule has 19 nitrogen and oxygen atoms in total. The number of carbonyl (C=O) groups is 2. The van der Waals surface area contributed by atoms with Crippen LogP contribution < -0.4 is 44.6 Å². The second-order valence-corrected chi connectivity index (χ2v) is 8.13. The van der Waals surface area contributed by atoms with E-state index in [1.807, 2.05) is 0 Å². The number of rotatable bonds is 8. The molecule has 224 valence electrons. The Morgan fingerprint density at radius 1 is 0.674 bits per heavy atom. The van der Waals surface area contributed by atoms with Crippen LogP contribution in [0.15, 0.2) is 59.0 Å². The third-order valence-corrected chi connectivity index (χ3v) is 5.02. The maximum absolute atomic E-state index is 11.8. The van der Waals surface area contributed by atoms with Gasteiger partial charge in [0.05, 0.1) is 23.8 Å². The number of aliphatic imine (C=N–C) groups is 2. The summed E-state index contributed by atoms with van der Waals surface area (Å²) in [7, 11) is 0. The molecule has 0 aliphatic carbocycles. The van der Waals surface area contributed by atoms with Gasteiger partial charge in [0.1, 0.15) is 12.7 Å². The van der Waals surface area contributed by atoms with Crippen molar-refractivity contribution in [3.8, 4) is 0 Å². The lowest BCUT2D eigenvalue weighted by Crippen LogP contribution is -2.20. The summed E-state index contributed by atoms with van der Waals surface area (Å²) >= 11 is 11.4. The van der Waals surface area contributed by atoms with Gasteiger partial charge in [0.25, 0.3) is 0 Å². The smallest absolute Gasteiger partial charge is 0.300 e. The SMILES string of the molecule is Nc1nc(N)c(C(=O)N=CNNc2cccnc2)nc1Cl.Nc1nc(N)c(C(=O)N=CNNc2cccnc2)nc1Cl.O. The lowest BCUT2D eigenvalue weighted by Gasteiger charge is -2.04. The third kappa shape index (κ3) is 10.2. The number of carbonyl (C=O) groups excluding carboxylic acids is 2. The summed E-state index contributed by atoms with van der Waals surface area (Å²) in [5, 5.41) is -0.214. The van der Waals surface area contributed by atoms with Crippen LogP contribution in [-0.4, -0.2) is 59.9 Å². The number of pyridine rings is 2. The van der Waals surface area contributed by atoms with E-state index < -0.39 is 11.8 Å². The van der Waals surface area contributed by atoms with Gasteiger partial charge in [0.2, 0.25) is 0 Å². The van der Waals surface area contributed by atoms with E-state index in [4.69, 9.17) is 46.1 Å². The van der Waals surface area contributed by atoms with Gasteiger partial charge >= 0.3 is 11.8 Å². The summed E-state index contributed by atoms with van der Waals surface area (Å²) in [5.74, 6) is -1.79. The number of halogens is 2. The molecule has 0 spiro atoms. The Kier molecular flexibility index (Phi) is 12.7. The van der Waals surface area contributed by atoms with Gasteiger partial charge in [-0.05, 0) is 24.3 Å². The van der Waals surface area contributed by atoms with Crippen molar-refractivity contribution in [2.24, 2.45) is 9.98 Å². The summed E-state index contributed by atoms with van der Waals surface area (Å²) in [6, 6.07) is 7.05. The van der Waals surface area contributed by atoms with E-state index in [0.29, 0.717) is 11.4 Å². The minimum atomic E-state index is -0.706. The molecule has 0 unspecified atom stereocenters. The van der Waals surface area contributed by atoms with E-state index in [1.165, 1.54) is 0 Å². The maximum atomic E-state index is 11.8. The standard InChI is InChI=1S/2C11H11ClN8O.H2O/c2*12-8-10(14)19-9(13)7(18-8)11(21)16-5-17-20-6-2-1-3-15-4-6;/h2*1-5,20H,(H4,13,14,19)(H,16,17,21);1H2. The molecule has 4 aromatic heterocycles. The van der Waals surface area contributed by atoms with Crippen LogP contribution in [0.4, 0.5) is 34.6 Å². The summed E-state index contributed by atoms with van der Waals surface area (Å²) in [6.07, 6.45) is 8.73. The first-order valence-corrected chi connectivity index (χ1v) is 12.0. The van der Waals surface area contributed by atoms with Crippen LogP contribution in [0.2, 0.25) is 10.3 Å². The Bertz CT molecular complexity index is 1470. The monoisotopic (exact) mass is 630 g/mol. The fourth-order valence-electron chi connectivity index (χ4n) is 2.61. The number of nitrogen functional groups attached to an aromatic ring is 4. The van der Waals surface area contributed by atoms with E-state index in [2.05, 4.69) is 61.6 Å². The molecule has 4 heterocycles. The van der Waals surface area contributed by atoms with Crippen molar-refractivity contribution in [3.05, 3.63) is 70.7 Å². The molecule has 0 fully saturated rings. The number of hydrazine groups is 2. The lowest BCUT2D eigenvalue weighted by atomic mass is 10.4. The average molecular weight is 631 g/mol. The number of amides is 2. The molecule has 0 radical (unpaired) electrons. The van der Waals surface area contributed by atoms with E-state index in [1.54, 1.807) is 49.1 Å². The van der Waals surface area contributed by atoms with Gasteiger partial charge in [0, 0.05) is 12.4 Å². The Hall–Kier alpha value is -5.92. The van der Waals surface area contributed by atoms with Crippen LogP contribution >= 0.6 is 23.2 Å². The van der Waals surface area contributed by atoms with Gasteiger partial charge in [-0.25, -0.2) is 19.9 Å². The van der Waals surface area contributed by atoms with E-state index in [-0.39, 0.29) is 50.4 Å². The molecule has 0 atom stereocenters. The highest BCUT2D eigenvalue weighted by Crippen LogP contribution is 2.18. The number of nitrogens with one attached hydrogen (secondary N) is 4. The van der Waals surface area contributed by atoms with E-state index in [0.717, 1.165) is 12.7 Å². The molecular formula is C22H24Cl2N16O3. The van der Waals surface area contributed by atoms with Gasteiger partial charge in [-0.2, -0.15) is 9.98 Å². The van der Waals surface area contributed by atoms with Crippen molar-refractivity contribution in [1.29, 1.82) is 0 Å². The number of hydrogen-bond acceptors (Lipinski definition) is 14. The van der Waals surface area contributed by atoms with Gasteiger partial charge < -0.3 is 28.4 Å². The third-order valence-electron chi connectivity index (χ3n) is 4.46. The molecule has 0 saturated heterocycles. The van der Waals surface area contributed by atoms with Crippen molar-refractivity contribution >= 4 is 82.3 Å². The molecule has 0 bridgehead atoms. The fraction of sp³-hybridized carbons (Fsp3) is 0. The number of anilines is 6. The fourth-order valence-corrected chi connectivity index (χ4v) is 2.86. The second kappa shape index (κ2) is 16.4. The number of hydrogen-bond donors (Lipinski definition) is 8. The molecular weight excluding hydrogens is 607 g/mol. The summed E-state index contributed by atoms with van der Waals surface area (Å²) in [5.41, 5.74) is 33.7. The Morgan fingerprint density at radius 3 is 1.42 bits per heavy atom. The minimum absolute atomic E-state index is 0. The molecule has 4 aromatic rings. The Balaban J connectivity index is 0.000000293. The normalized spacial score (nSPS) is 10.3. The summed E-state index contributed by atoms with van der Waals surface area (Å²) < 4.78 is 0. The van der Waals surface area contributed by atoms with Gasteiger partial charge in [0.15, 0.2) is 45.0 Å². The van der Waals surface area contributed by atoms with E-state index >= 15 is 0 Å². The first-order chi connectivity index (χ1) is 20.2. The first-order valence-electron chi connectivity index (χ1n) is 11.3. The highest BCUT2D eigenvalue weighted by molar-refractivity contribution is 6.32.